The van der Waals surface area contributed by atoms with Crippen LogP contribution in [0.15, 0.2) is 0 Å². The molecule has 4 N–H and O–H groups in total. The quantitative estimate of drug-likeness (QED) is 0.382. The Balaban J connectivity index is 3.15. The summed E-state index contributed by atoms with van der Waals surface area (Å²) in [7, 11) is 0. The van der Waals surface area contributed by atoms with E-state index < -0.39 is 6.29 Å². The van der Waals surface area contributed by atoms with Crippen molar-refractivity contribution >= 4 is 11.6 Å². The van der Waals surface area contributed by atoms with Crippen molar-refractivity contribution in [1.82, 2.24) is 0 Å². The van der Waals surface area contributed by atoms with Gasteiger partial charge >= 0.3 is 0 Å². The number of rotatable bonds is 4. The van der Waals surface area contributed by atoms with Gasteiger partial charge in [0.2, 0.25) is 0 Å². The predicted octanol–water partition coefficient (Wildman–Crippen LogP) is -0.357. The third kappa shape index (κ3) is 6.05. The number of aliphatic hydroxyl groups excluding tert-OH is 1. The minimum absolute atomic E-state index is 0.192. The summed E-state index contributed by atoms with van der Waals surface area (Å²) in [6.07, 6.45) is -0.477. The van der Waals surface area contributed by atoms with Crippen molar-refractivity contribution in [2.75, 3.05) is 5.88 Å². The maximum Gasteiger partial charge on any atom is 0.152 e. The van der Waals surface area contributed by atoms with Crippen LogP contribution in [-0.4, -0.2) is 28.4 Å². The third-order valence-electron chi connectivity index (χ3n) is 0.993. The van der Waals surface area contributed by atoms with Gasteiger partial charge in [-0.1, -0.05) is 0 Å². The van der Waals surface area contributed by atoms with Crippen LogP contribution in [0.1, 0.15) is 12.8 Å². The largest absolute Gasteiger partial charge is 0.368 e. The zero-order valence-electron chi connectivity index (χ0n) is 5.13. The van der Waals surface area contributed by atoms with E-state index in [0.29, 0.717) is 12.3 Å². The molecule has 0 saturated carbocycles. The van der Waals surface area contributed by atoms with E-state index in [2.05, 4.69) is 0 Å². The summed E-state index contributed by atoms with van der Waals surface area (Å²) in [6, 6.07) is -0.192. The van der Waals surface area contributed by atoms with Crippen molar-refractivity contribution in [3.05, 3.63) is 0 Å². The first-order valence-corrected chi connectivity index (χ1v) is 3.38. The van der Waals surface area contributed by atoms with E-state index in [1.807, 2.05) is 0 Å². The molecular formula is C5H12ClNO2. The Morgan fingerprint density at radius 3 is 2.33 bits per heavy atom. The van der Waals surface area contributed by atoms with Crippen molar-refractivity contribution in [3.63, 3.8) is 0 Å². The van der Waals surface area contributed by atoms with Gasteiger partial charge in [-0.3, -0.25) is 0 Å². The summed E-state index contributed by atoms with van der Waals surface area (Å²) in [4.78, 5) is 0. The van der Waals surface area contributed by atoms with Crippen molar-refractivity contribution in [1.29, 1.82) is 0 Å². The molecule has 0 rings (SSSR count). The molecule has 0 radical (unpaired) electrons. The molecule has 0 fully saturated rings. The molecular weight excluding hydrogens is 142 g/mol. The molecule has 4 heteroatoms. The van der Waals surface area contributed by atoms with E-state index in [-0.39, 0.29) is 12.5 Å². The van der Waals surface area contributed by atoms with Crippen molar-refractivity contribution in [2.24, 2.45) is 5.73 Å². The van der Waals surface area contributed by atoms with Crippen LogP contribution in [0.4, 0.5) is 0 Å². The average Bonchev–Trinajstić information content (AvgIpc) is 1.63. The highest BCUT2D eigenvalue weighted by molar-refractivity contribution is 6.17. The smallest absolute Gasteiger partial charge is 0.152 e. The Morgan fingerprint density at radius 2 is 2.00 bits per heavy atom. The summed E-state index contributed by atoms with van der Waals surface area (Å²) in [6.45, 7) is 0. The second-order valence-electron chi connectivity index (χ2n) is 1.95. The average molecular weight is 154 g/mol. The molecule has 0 aliphatic carbocycles. The fourth-order valence-corrected chi connectivity index (χ4v) is 0.809. The van der Waals surface area contributed by atoms with Crippen LogP contribution in [0.3, 0.4) is 0 Å². The minimum atomic E-state index is -1.30. The standard InChI is InChI=1S/C5H12ClNO2/c6-2-1-4(7)3-5(8)9/h4-5,8-9H,1-3,7H2/t4-/m1/s1. The highest BCUT2D eigenvalue weighted by Gasteiger charge is 2.05. The molecule has 0 unspecified atom stereocenters. The summed E-state index contributed by atoms with van der Waals surface area (Å²) < 4.78 is 0. The molecule has 0 saturated heterocycles. The van der Waals surface area contributed by atoms with Crippen LogP contribution in [0.25, 0.3) is 0 Å². The first kappa shape index (κ1) is 9.17. The van der Waals surface area contributed by atoms with Crippen LogP contribution in [0.5, 0.6) is 0 Å². The molecule has 3 nitrogen and oxygen atoms in total. The zero-order chi connectivity index (χ0) is 7.28. The monoisotopic (exact) mass is 153 g/mol. The van der Waals surface area contributed by atoms with Crippen molar-refractivity contribution in [2.45, 2.75) is 25.2 Å². The molecule has 0 amide bonds. The lowest BCUT2D eigenvalue weighted by molar-refractivity contribution is -0.0493. The molecule has 9 heavy (non-hydrogen) atoms. The lowest BCUT2D eigenvalue weighted by atomic mass is 10.2. The molecule has 0 aromatic rings. The first-order chi connectivity index (χ1) is 4.16. The van der Waals surface area contributed by atoms with Crippen LogP contribution in [-0.2, 0) is 0 Å². The second kappa shape index (κ2) is 4.99. The van der Waals surface area contributed by atoms with Gasteiger partial charge in [-0.2, -0.15) is 0 Å². The molecule has 1 atom stereocenters. The zero-order valence-corrected chi connectivity index (χ0v) is 5.88. The molecule has 56 valence electrons. The summed E-state index contributed by atoms with van der Waals surface area (Å²) in [5.41, 5.74) is 5.38. The minimum Gasteiger partial charge on any atom is -0.368 e. The van der Waals surface area contributed by atoms with Gasteiger partial charge in [0.25, 0.3) is 0 Å². The van der Waals surface area contributed by atoms with Gasteiger partial charge in [0.15, 0.2) is 6.29 Å². The van der Waals surface area contributed by atoms with Crippen molar-refractivity contribution < 1.29 is 10.2 Å². The van der Waals surface area contributed by atoms with Crippen LogP contribution >= 0.6 is 11.6 Å². The van der Waals surface area contributed by atoms with E-state index in [4.69, 9.17) is 27.5 Å². The van der Waals surface area contributed by atoms with Gasteiger partial charge in [-0.05, 0) is 6.42 Å². The van der Waals surface area contributed by atoms with E-state index >= 15 is 0 Å². The summed E-state index contributed by atoms with van der Waals surface area (Å²) in [5, 5.41) is 16.8. The van der Waals surface area contributed by atoms with E-state index in [0.717, 1.165) is 0 Å². The Labute approximate surface area is 59.4 Å². The molecule has 0 bridgehead atoms. The third-order valence-corrected chi connectivity index (χ3v) is 1.21. The van der Waals surface area contributed by atoms with Gasteiger partial charge in [-0.15, -0.1) is 11.6 Å². The van der Waals surface area contributed by atoms with Gasteiger partial charge in [0.05, 0.1) is 0 Å². The molecule has 0 aromatic carbocycles. The van der Waals surface area contributed by atoms with E-state index in [1.165, 1.54) is 0 Å². The second-order valence-corrected chi connectivity index (χ2v) is 2.33. The predicted molar refractivity (Wildman–Crippen MR) is 36.2 cm³/mol. The number of nitrogens with two attached hydrogens (primary N) is 1. The van der Waals surface area contributed by atoms with Crippen molar-refractivity contribution in [3.8, 4) is 0 Å². The van der Waals surface area contributed by atoms with Gasteiger partial charge in [-0.25, -0.2) is 0 Å². The Bertz CT molecular complexity index is 70.0. The Morgan fingerprint density at radius 1 is 1.44 bits per heavy atom. The number of alkyl halides is 1. The summed E-state index contributed by atoms with van der Waals surface area (Å²) in [5.74, 6) is 0.466. The SMILES string of the molecule is N[C@H](CCCl)CC(O)O. The number of hydrogen-bond donors (Lipinski definition) is 3. The van der Waals surface area contributed by atoms with Crippen LogP contribution in [0, 0.1) is 0 Å². The Kier molecular flexibility index (Phi) is 5.09. The maximum absolute atomic E-state index is 8.38. The molecule has 0 aromatic heterocycles. The van der Waals surface area contributed by atoms with E-state index in [1.54, 1.807) is 0 Å². The topological polar surface area (TPSA) is 66.5 Å². The molecule has 0 aliphatic rings. The number of hydrogen-bond acceptors (Lipinski definition) is 3. The Hall–Kier alpha value is 0.170. The highest BCUT2D eigenvalue weighted by atomic mass is 35.5. The fraction of sp³-hybridized carbons (Fsp3) is 1.00. The van der Waals surface area contributed by atoms with Gasteiger partial charge in [0, 0.05) is 18.3 Å². The molecule has 0 spiro atoms. The summed E-state index contributed by atoms with van der Waals surface area (Å²) >= 11 is 5.34. The molecule has 0 aliphatic heterocycles. The normalized spacial score (nSPS) is 14.3. The lowest BCUT2D eigenvalue weighted by Gasteiger charge is -2.09. The van der Waals surface area contributed by atoms with Crippen LogP contribution in [0.2, 0.25) is 0 Å². The maximum atomic E-state index is 8.38. The lowest BCUT2D eigenvalue weighted by Crippen LogP contribution is -2.26. The van der Waals surface area contributed by atoms with Gasteiger partial charge in [0.1, 0.15) is 0 Å². The number of aliphatic hydroxyl groups is 2. The fourth-order valence-electron chi connectivity index (χ4n) is 0.529. The first-order valence-electron chi connectivity index (χ1n) is 2.84. The van der Waals surface area contributed by atoms with Gasteiger partial charge < -0.3 is 15.9 Å². The molecule has 0 heterocycles. The number of halogens is 1. The highest BCUT2D eigenvalue weighted by Crippen LogP contribution is 1.98. The van der Waals surface area contributed by atoms with E-state index in [9.17, 15) is 0 Å². The van der Waals surface area contributed by atoms with Crippen LogP contribution < -0.4 is 5.73 Å².